The standard InChI is InChI=1S/C20H17ClN6OS/c1-11-16(29-20(28)23-11)7-12-10-22-27-18(25-14-5-6-14)9-17(26-19(12)27)24-15-4-2-3-13(21)8-15/h2-4,7-10,14,25H,1,5-6H2,(H,23,28)(H,24,26)/b16-7-. The van der Waals surface area contributed by atoms with Gasteiger partial charge >= 0.3 is 4.87 Å². The molecule has 0 atom stereocenters. The summed E-state index contributed by atoms with van der Waals surface area (Å²) in [6.45, 7) is 3.89. The predicted molar refractivity (Wildman–Crippen MR) is 118 cm³/mol. The number of nitrogens with zero attached hydrogens (tertiary/aromatic N) is 3. The van der Waals surface area contributed by atoms with E-state index in [0.29, 0.717) is 27.9 Å². The van der Waals surface area contributed by atoms with E-state index in [2.05, 4.69) is 27.3 Å². The molecule has 5 rings (SSSR count). The van der Waals surface area contributed by atoms with Crippen LogP contribution in [0.5, 0.6) is 0 Å². The third-order valence-corrected chi connectivity index (χ3v) is 5.67. The maximum Gasteiger partial charge on any atom is 0.305 e. The van der Waals surface area contributed by atoms with Crippen molar-refractivity contribution in [3.05, 3.63) is 66.7 Å². The Balaban J connectivity index is 1.64. The molecule has 0 saturated heterocycles. The van der Waals surface area contributed by atoms with Crippen molar-refractivity contribution >= 4 is 58.6 Å². The van der Waals surface area contributed by atoms with Crippen molar-refractivity contribution in [3.63, 3.8) is 0 Å². The molecule has 0 spiro atoms. The molecule has 29 heavy (non-hydrogen) atoms. The summed E-state index contributed by atoms with van der Waals surface area (Å²) in [6.07, 6.45) is 5.91. The van der Waals surface area contributed by atoms with Crippen LogP contribution in [0.3, 0.4) is 0 Å². The number of fused-ring (bicyclic) bond motifs is 1. The monoisotopic (exact) mass is 424 g/mol. The van der Waals surface area contributed by atoms with E-state index >= 15 is 0 Å². The maximum absolute atomic E-state index is 11.6. The molecule has 3 aromatic heterocycles. The summed E-state index contributed by atoms with van der Waals surface area (Å²) in [5.74, 6) is 1.54. The quantitative estimate of drug-likeness (QED) is 0.458. The third kappa shape index (κ3) is 3.76. The SMILES string of the molecule is C=c1[nH]c(=O)s/c1=C\c1cnn2c(NC3CC3)cc(Nc3cccc(Cl)c3)nc12. The van der Waals surface area contributed by atoms with Gasteiger partial charge in [-0.3, -0.25) is 4.79 Å². The topological polar surface area (TPSA) is 87.1 Å². The Kier molecular flexibility index (Phi) is 4.37. The van der Waals surface area contributed by atoms with Crippen molar-refractivity contribution in [1.82, 2.24) is 19.6 Å². The van der Waals surface area contributed by atoms with Crippen LogP contribution in [0.25, 0.3) is 18.3 Å². The van der Waals surface area contributed by atoms with Crippen LogP contribution in [0.2, 0.25) is 5.02 Å². The summed E-state index contributed by atoms with van der Waals surface area (Å²) in [5, 5.41) is 12.6. The van der Waals surface area contributed by atoms with E-state index in [-0.39, 0.29) is 4.87 Å². The van der Waals surface area contributed by atoms with E-state index in [1.807, 2.05) is 36.4 Å². The molecule has 7 nitrogen and oxygen atoms in total. The highest BCUT2D eigenvalue weighted by Gasteiger charge is 2.23. The van der Waals surface area contributed by atoms with Crippen LogP contribution >= 0.6 is 22.9 Å². The van der Waals surface area contributed by atoms with E-state index in [1.54, 1.807) is 10.7 Å². The average molecular weight is 425 g/mol. The Morgan fingerprint density at radius 3 is 2.93 bits per heavy atom. The Hall–Kier alpha value is -3.10. The molecule has 0 bridgehead atoms. The van der Waals surface area contributed by atoms with Gasteiger partial charge in [0.25, 0.3) is 0 Å². The van der Waals surface area contributed by atoms with E-state index in [9.17, 15) is 4.79 Å². The minimum absolute atomic E-state index is 0.134. The van der Waals surface area contributed by atoms with Gasteiger partial charge in [-0.05, 0) is 37.1 Å². The summed E-state index contributed by atoms with van der Waals surface area (Å²) in [6, 6.07) is 9.88. The molecule has 1 aliphatic rings. The summed E-state index contributed by atoms with van der Waals surface area (Å²) in [4.78, 5) is 18.9. The third-order valence-electron chi connectivity index (χ3n) is 4.57. The molecule has 0 aliphatic heterocycles. The first-order valence-corrected chi connectivity index (χ1v) is 10.3. The number of nitrogens with one attached hydrogen (secondary N) is 3. The number of aromatic nitrogens is 4. The van der Waals surface area contributed by atoms with Gasteiger partial charge in [0.05, 0.1) is 16.1 Å². The molecule has 146 valence electrons. The smallest absolute Gasteiger partial charge is 0.305 e. The number of anilines is 3. The molecule has 4 aromatic rings. The average Bonchev–Trinajstić information content (AvgIpc) is 3.31. The Bertz CT molecular complexity index is 1380. The fourth-order valence-electron chi connectivity index (χ4n) is 3.03. The van der Waals surface area contributed by atoms with Crippen LogP contribution in [-0.2, 0) is 0 Å². The van der Waals surface area contributed by atoms with Crippen molar-refractivity contribution < 1.29 is 0 Å². The van der Waals surface area contributed by atoms with Crippen LogP contribution < -0.4 is 25.4 Å². The van der Waals surface area contributed by atoms with Crippen molar-refractivity contribution in [2.24, 2.45) is 0 Å². The Labute approximate surface area is 174 Å². The van der Waals surface area contributed by atoms with Gasteiger partial charge in [0.1, 0.15) is 11.6 Å². The molecule has 1 fully saturated rings. The van der Waals surface area contributed by atoms with Crippen molar-refractivity contribution in [1.29, 1.82) is 0 Å². The van der Waals surface area contributed by atoms with E-state index < -0.39 is 0 Å². The summed E-state index contributed by atoms with van der Waals surface area (Å²) < 4.78 is 2.54. The predicted octanol–water partition coefficient (Wildman–Crippen LogP) is 2.69. The van der Waals surface area contributed by atoms with Crippen molar-refractivity contribution in [2.75, 3.05) is 10.6 Å². The molecule has 1 aromatic carbocycles. The van der Waals surface area contributed by atoms with Gasteiger partial charge in [0.15, 0.2) is 5.65 Å². The van der Waals surface area contributed by atoms with Crippen LogP contribution in [0.4, 0.5) is 17.3 Å². The zero-order valence-corrected chi connectivity index (χ0v) is 16.8. The van der Waals surface area contributed by atoms with Crippen molar-refractivity contribution in [2.45, 2.75) is 18.9 Å². The number of hydrogen-bond donors (Lipinski definition) is 3. The number of H-pyrrole nitrogens is 1. The number of thiazole rings is 1. The Morgan fingerprint density at radius 2 is 2.21 bits per heavy atom. The fourth-order valence-corrected chi connectivity index (χ4v) is 3.95. The van der Waals surface area contributed by atoms with Gasteiger partial charge < -0.3 is 15.6 Å². The van der Waals surface area contributed by atoms with Gasteiger partial charge in [-0.1, -0.05) is 35.6 Å². The van der Waals surface area contributed by atoms with Crippen LogP contribution in [-0.4, -0.2) is 25.6 Å². The van der Waals surface area contributed by atoms with Crippen molar-refractivity contribution in [3.8, 4) is 0 Å². The van der Waals surface area contributed by atoms with Crippen LogP contribution in [0.15, 0.2) is 41.3 Å². The lowest BCUT2D eigenvalue weighted by Gasteiger charge is -2.11. The summed E-state index contributed by atoms with van der Waals surface area (Å²) >= 11 is 7.22. The normalized spacial score (nSPS) is 14.4. The maximum atomic E-state index is 11.6. The molecule has 0 amide bonds. The van der Waals surface area contributed by atoms with E-state index in [1.165, 1.54) is 0 Å². The molecule has 0 radical (unpaired) electrons. The lowest BCUT2D eigenvalue weighted by molar-refractivity contribution is 0.926. The number of aromatic amines is 1. The highest BCUT2D eigenvalue weighted by Crippen LogP contribution is 2.28. The highest BCUT2D eigenvalue weighted by atomic mass is 35.5. The fraction of sp³-hybridized carbons (Fsp3) is 0.150. The molecule has 1 saturated carbocycles. The number of benzene rings is 1. The first-order valence-electron chi connectivity index (χ1n) is 9.13. The summed E-state index contributed by atoms with van der Waals surface area (Å²) in [7, 11) is 0. The minimum Gasteiger partial charge on any atom is -0.367 e. The first kappa shape index (κ1) is 18.0. The number of rotatable bonds is 5. The second-order valence-corrected chi connectivity index (χ2v) is 8.37. The van der Waals surface area contributed by atoms with Gasteiger partial charge in [-0.25, -0.2) is 4.98 Å². The molecule has 1 aliphatic carbocycles. The number of halogens is 1. The molecule has 9 heteroatoms. The summed E-state index contributed by atoms with van der Waals surface area (Å²) in [5.41, 5.74) is 2.33. The molecular formula is C20H17ClN6OS. The zero-order valence-electron chi connectivity index (χ0n) is 15.3. The second-order valence-electron chi connectivity index (χ2n) is 6.92. The second kappa shape index (κ2) is 7.06. The van der Waals surface area contributed by atoms with E-state index in [0.717, 1.165) is 45.8 Å². The zero-order chi connectivity index (χ0) is 20.0. The van der Waals surface area contributed by atoms with Gasteiger partial charge in [-0.15, -0.1) is 0 Å². The first-order chi connectivity index (χ1) is 14.0. The minimum atomic E-state index is -0.134. The molecule has 3 N–H and O–H groups in total. The highest BCUT2D eigenvalue weighted by molar-refractivity contribution is 7.07. The lowest BCUT2D eigenvalue weighted by atomic mass is 10.3. The Morgan fingerprint density at radius 1 is 1.34 bits per heavy atom. The van der Waals surface area contributed by atoms with Crippen LogP contribution in [0.1, 0.15) is 18.4 Å². The van der Waals surface area contributed by atoms with E-state index in [4.69, 9.17) is 16.6 Å². The van der Waals surface area contributed by atoms with Gasteiger partial charge in [0, 0.05) is 28.4 Å². The largest absolute Gasteiger partial charge is 0.367 e. The number of hydrogen-bond acceptors (Lipinski definition) is 6. The van der Waals surface area contributed by atoms with Gasteiger partial charge in [-0.2, -0.15) is 9.61 Å². The van der Waals surface area contributed by atoms with Crippen LogP contribution in [0, 0.1) is 0 Å². The van der Waals surface area contributed by atoms with Gasteiger partial charge in [0.2, 0.25) is 0 Å². The lowest BCUT2D eigenvalue weighted by Crippen LogP contribution is -2.19. The molecule has 0 unspecified atom stereocenters. The molecule has 3 heterocycles. The molecular weight excluding hydrogens is 408 g/mol.